The molecule has 1 rings (SSSR count). The third kappa shape index (κ3) is 3.81. The molecule has 0 bridgehead atoms. The number of hydrogen-bond donors (Lipinski definition) is 1. The van der Waals surface area contributed by atoms with Crippen LogP contribution in [0.15, 0.2) is 12.1 Å². The minimum atomic E-state index is -0.166. The average molecular weight is 247 g/mol. The molecule has 1 atom stereocenters. The number of nitrogens with one attached hydrogen (secondary N) is 1. The summed E-state index contributed by atoms with van der Waals surface area (Å²) in [5.74, 6) is 0.0812. The number of amides is 1. The lowest BCUT2D eigenvalue weighted by Gasteiger charge is -2.17. The Morgan fingerprint density at radius 2 is 2.27 bits per heavy atom. The van der Waals surface area contributed by atoms with Crippen LogP contribution in [0.2, 0.25) is 4.34 Å². The topological polar surface area (TPSA) is 32.3 Å². The Bertz CT molecular complexity index is 338. The zero-order valence-electron chi connectivity index (χ0n) is 9.08. The van der Waals surface area contributed by atoms with Crippen LogP contribution in [-0.4, -0.2) is 30.9 Å². The van der Waals surface area contributed by atoms with Crippen LogP contribution < -0.4 is 5.32 Å². The molecule has 1 N–H and O–H groups in total. The molecule has 5 heteroatoms. The Kier molecular flexibility index (Phi) is 4.57. The number of rotatable bonds is 4. The summed E-state index contributed by atoms with van der Waals surface area (Å²) in [6, 6.07) is 3.66. The molecule has 1 heterocycles. The van der Waals surface area contributed by atoms with Gasteiger partial charge in [0, 0.05) is 25.5 Å². The Hall–Kier alpha value is -0.580. The lowest BCUT2D eigenvalue weighted by atomic mass is 10.3. The molecule has 1 aromatic heterocycles. The second-order valence-electron chi connectivity index (χ2n) is 3.54. The summed E-state index contributed by atoms with van der Waals surface area (Å²) in [5, 5.41) is 3.15. The van der Waals surface area contributed by atoms with Gasteiger partial charge in [-0.2, -0.15) is 0 Å². The molecular formula is C10H15ClN2OS. The first-order valence-electron chi connectivity index (χ1n) is 4.69. The first-order valence-corrected chi connectivity index (χ1v) is 5.89. The van der Waals surface area contributed by atoms with Gasteiger partial charge in [-0.15, -0.1) is 11.3 Å². The lowest BCUT2D eigenvalue weighted by molar-refractivity contribution is -0.130. The van der Waals surface area contributed by atoms with Crippen LogP contribution in [0, 0.1) is 0 Å². The molecule has 0 radical (unpaired) electrons. The van der Waals surface area contributed by atoms with Crippen LogP contribution in [0.5, 0.6) is 0 Å². The zero-order valence-corrected chi connectivity index (χ0v) is 10.7. The largest absolute Gasteiger partial charge is 0.347 e. The van der Waals surface area contributed by atoms with E-state index in [0.29, 0.717) is 6.54 Å². The molecule has 1 aromatic rings. The van der Waals surface area contributed by atoms with E-state index in [1.165, 1.54) is 11.3 Å². The summed E-state index contributed by atoms with van der Waals surface area (Å²) in [6.07, 6.45) is 0. The van der Waals surface area contributed by atoms with Gasteiger partial charge < -0.3 is 10.2 Å². The number of carbonyl (C=O) groups is 1. The maximum Gasteiger partial charge on any atom is 0.238 e. The molecule has 15 heavy (non-hydrogen) atoms. The number of thiophene rings is 1. The van der Waals surface area contributed by atoms with Crippen molar-refractivity contribution < 1.29 is 4.79 Å². The summed E-state index contributed by atoms with van der Waals surface area (Å²) < 4.78 is 0.776. The molecule has 0 saturated heterocycles. The minimum Gasteiger partial charge on any atom is -0.347 e. The van der Waals surface area contributed by atoms with Gasteiger partial charge in [-0.3, -0.25) is 4.79 Å². The predicted octanol–water partition coefficient (Wildman–Crippen LogP) is 1.97. The van der Waals surface area contributed by atoms with Crippen molar-refractivity contribution in [2.24, 2.45) is 0 Å². The smallest absolute Gasteiger partial charge is 0.238 e. The van der Waals surface area contributed by atoms with Gasteiger partial charge >= 0.3 is 0 Å². The highest BCUT2D eigenvalue weighted by molar-refractivity contribution is 7.16. The van der Waals surface area contributed by atoms with E-state index in [1.54, 1.807) is 19.0 Å². The monoisotopic (exact) mass is 246 g/mol. The molecule has 0 aliphatic heterocycles. The van der Waals surface area contributed by atoms with Crippen LogP contribution in [0.3, 0.4) is 0 Å². The Labute approximate surface area is 99.0 Å². The van der Waals surface area contributed by atoms with Gasteiger partial charge in [-0.05, 0) is 19.1 Å². The molecule has 84 valence electrons. The lowest BCUT2D eigenvalue weighted by Crippen LogP contribution is -2.40. The molecule has 0 fully saturated rings. The second-order valence-corrected chi connectivity index (χ2v) is 5.34. The Balaban J connectivity index is 2.40. The molecular weight excluding hydrogens is 232 g/mol. The maximum atomic E-state index is 11.5. The van der Waals surface area contributed by atoms with Crippen LogP contribution in [0.4, 0.5) is 0 Å². The van der Waals surface area contributed by atoms with E-state index in [2.05, 4.69) is 5.32 Å². The van der Waals surface area contributed by atoms with Gasteiger partial charge in [0.2, 0.25) is 5.91 Å². The summed E-state index contributed by atoms with van der Waals surface area (Å²) in [4.78, 5) is 14.2. The van der Waals surface area contributed by atoms with Gasteiger partial charge in [0.05, 0.1) is 10.4 Å². The normalized spacial score (nSPS) is 12.5. The molecule has 1 amide bonds. The number of carbonyl (C=O) groups excluding carboxylic acids is 1. The third-order valence-electron chi connectivity index (χ3n) is 2.02. The average Bonchev–Trinajstić information content (AvgIpc) is 2.59. The first kappa shape index (κ1) is 12.5. The van der Waals surface area contributed by atoms with Crippen molar-refractivity contribution in [2.45, 2.75) is 19.5 Å². The van der Waals surface area contributed by atoms with Crippen molar-refractivity contribution in [3.8, 4) is 0 Å². The van der Waals surface area contributed by atoms with Gasteiger partial charge in [-0.1, -0.05) is 11.6 Å². The summed E-state index contributed by atoms with van der Waals surface area (Å²) in [7, 11) is 3.51. The van der Waals surface area contributed by atoms with E-state index in [9.17, 15) is 4.79 Å². The van der Waals surface area contributed by atoms with Crippen molar-refractivity contribution >= 4 is 28.8 Å². The number of hydrogen-bond acceptors (Lipinski definition) is 3. The highest BCUT2D eigenvalue weighted by Crippen LogP contribution is 2.21. The third-order valence-corrected chi connectivity index (χ3v) is 3.25. The van der Waals surface area contributed by atoms with Crippen LogP contribution >= 0.6 is 22.9 Å². The fourth-order valence-corrected chi connectivity index (χ4v) is 2.21. The second kappa shape index (κ2) is 5.49. The highest BCUT2D eigenvalue weighted by atomic mass is 35.5. The molecule has 0 aliphatic carbocycles. The van der Waals surface area contributed by atoms with Crippen molar-refractivity contribution in [1.29, 1.82) is 0 Å². The van der Waals surface area contributed by atoms with E-state index in [1.807, 2.05) is 19.1 Å². The Morgan fingerprint density at radius 1 is 1.60 bits per heavy atom. The quantitative estimate of drug-likeness (QED) is 0.881. The molecule has 0 aromatic carbocycles. The molecule has 0 saturated carbocycles. The van der Waals surface area contributed by atoms with Crippen molar-refractivity contribution in [3.05, 3.63) is 21.3 Å². The van der Waals surface area contributed by atoms with Gasteiger partial charge in [0.15, 0.2) is 0 Å². The number of likely N-dealkylation sites (N-methyl/N-ethyl adjacent to an activating group) is 1. The van der Waals surface area contributed by atoms with E-state index in [-0.39, 0.29) is 11.9 Å². The SMILES string of the molecule is C[C@@H](NCc1ccc(Cl)s1)C(=O)N(C)C. The van der Waals surface area contributed by atoms with Crippen LogP contribution in [-0.2, 0) is 11.3 Å². The fraction of sp³-hybridized carbons (Fsp3) is 0.500. The molecule has 0 spiro atoms. The molecule has 3 nitrogen and oxygen atoms in total. The van der Waals surface area contributed by atoms with E-state index < -0.39 is 0 Å². The van der Waals surface area contributed by atoms with Crippen LogP contribution in [0.1, 0.15) is 11.8 Å². The van der Waals surface area contributed by atoms with Gasteiger partial charge in [0.25, 0.3) is 0 Å². The van der Waals surface area contributed by atoms with E-state index in [0.717, 1.165) is 9.21 Å². The highest BCUT2D eigenvalue weighted by Gasteiger charge is 2.13. The number of nitrogens with zero attached hydrogens (tertiary/aromatic N) is 1. The fourth-order valence-electron chi connectivity index (χ4n) is 1.18. The van der Waals surface area contributed by atoms with Gasteiger partial charge in [0.1, 0.15) is 0 Å². The molecule has 0 aliphatic rings. The predicted molar refractivity (Wildman–Crippen MR) is 64.3 cm³/mol. The van der Waals surface area contributed by atoms with Crippen LogP contribution in [0.25, 0.3) is 0 Å². The minimum absolute atomic E-state index is 0.0812. The zero-order chi connectivity index (χ0) is 11.4. The summed E-state index contributed by atoms with van der Waals surface area (Å²) >= 11 is 7.33. The van der Waals surface area contributed by atoms with Gasteiger partial charge in [-0.25, -0.2) is 0 Å². The van der Waals surface area contributed by atoms with Crippen molar-refractivity contribution in [2.75, 3.05) is 14.1 Å². The van der Waals surface area contributed by atoms with Crippen molar-refractivity contribution in [3.63, 3.8) is 0 Å². The van der Waals surface area contributed by atoms with E-state index in [4.69, 9.17) is 11.6 Å². The first-order chi connectivity index (χ1) is 7.00. The maximum absolute atomic E-state index is 11.5. The standard InChI is InChI=1S/C10H15ClN2OS/c1-7(10(14)13(2)3)12-6-8-4-5-9(11)15-8/h4-5,7,12H,6H2,1-3H3/t7-/m1/s1. The Morgan fingerprint density at radius 3 is 2.73 bits per heavy atom. The van der Waals surface area contributed by atoms with Crippen molar-refractivity contribution in [1.82, 2.24) is 10.2 Å². The summed E-state index contributed by atoms with van der Waals surface area (Å²) in [6.45, 7) is 2.54. The number of halogens is 1. The van der Waals surface area contributed by atoms with E-state index >= 15 is 0 Å². The molecule has 0 unspecified atom stereocenters. The summed E-state index contributed by atoms with van der Waals surface area (Å²) in [5.41, 5.74) is 0.